The van der Waals surface area contributed by atoms with Crippen LogP contribution in [-0.4, -0.2) is 20.3 Å². The highest BCUT2D eigenvalue weighted by atomic mass is 16.5. The van der Waals surface area contributed by atoms with Crippen LogP contribution >= 0.6 is 0 Å². The zero-order chi connectivity index (χ0) is 15.2. The van der Waals surface area contributed by atoms with E-state index < -0.39 is 0 Å². The molecule has 0 bridgehead atoms. The first-order valence-corrected chi connectivity index (χ1v) is 7.85. The fourth-order valence-electron chi connectivity index (χ4n) is 3.31. The van der Waals surface area contributed by atoms with Crippen LogP contribution in [0.3, 0.4) is 0 Å². The van der Waals surface area contributed by atoms with E-state index in [4.69, 9.17) is 15.3 Å². The van der Waals surface area contributed by atoms with Crippen LogP contribution in [0.4, 0.5) is 0 Å². The van der Waals surface area contributed by atoms with Gasteiger partial charge in [0.2, 0.25) is 0 Å². The third-order valence-electron chi connectivity index (χ3n) is 4.75. The van der Waals surface area contributed by atoms with E-state index in [1.165, 1.54) is 31.2 Å². The van der Waals surface area contributed by atoms with Crippen LogP contribution in [0.2, 0.25) is 0 Å². The standard InChI is InChI=1S/C17H28N2O2/c1-12-4-7-14(8-5-12)15(19-18)10-13-6-9-16(20-2)17(11-13)21-3/h6,9,11-12,14-15,19H,4-5,7-8,10,18H2,1-3H3. The number of nitrogens with two attached hydrogens (primary N) is 1. The summed E-state index contributed by atoms with van der Waals surface area (Å²) in [7, 11) is 3.33. The lowest BCUT2D eigenvalue weighted by Gasteiger charge is -2.32. The van der Waals surface area contributed by atoms with Gasteiger partial charge in [-0.3, -0.25) is 11.3 Å². The Bertz CT molecular complexity index is 442. The Labute approximate surface area is 128 Å². The summed E-state index contributed by atoms with van der Waals surface area (Å²) in [5.74, 6) is 8.88. The van der Waals surface area contributed by atoms with E-state index in [9.17, 15) is 0 Å². The zero-order valence-corrected chi connectivity index (χ0v) is 13.4. The predicted molar refractivity (Wildman–Crippen MR) is 85.5 cm³/mol. The average Bonchev–Trinajstić information content (AvgIpc) is 2.53. The Balaban J connectivity index is 2.04. The van der Waals surface area contributed by atoms with Gasteiger partial charge in [0.25, 0.3) is 0 Å². The maximum atomic E-state index is 5.81. The summed E-state index contributed by atoms with van der Waals surface area (Å²) in [6, 6.07) is 6.44. The second-order valence-corrected chi connectivity index (χ2v) is 6.19. The molecular weight excluding hydrogens is 264 g/mol. The van der Waals surface area contributed by atoms with E-state index >= 15 is 0 Å². The Morgan fingerprint density at radius 3 is 2.38 bits per heavy atom. The monoisotopic (exact) mass is 292 g/mol. The molecule has 21 heavy (non-hydrogen) atoms. The molecule has 0 spiro atoms. The van der Waals surface area contributed by atoms with Crippen molar-refractivity contribution in [1.82, 2.24) is 5.43 Å². The molecule has 1 saturated carbocycles. The zero-order valence-electron chi connectivity index (χ0n) is 13.4. The number of hydrogen-bond donors (Lipinski definition) is 2. The van der Waals surface area contributed by atoms with E-state index in [1.54, 1.807) is 14.2 Å². The number of ether oxygens (including phenoxy) is 2. The first-order chi connectivity index (χ1) is 10.2. The molecule has 0 aliphatic heterocycles. The second-order valence-electron chi connectivity index (χ2n) is 6.19. The summed E-state index contributed by atoms with van der Waals surface area (Å²) >= 11 is 0. The molecule has 0 saturated heterocycles. The Kier molecular flexibility index (Phi) is 5.88. The second kappa shape index (κ2) is 7.66. The molecule has 1 aromatic rings. The van der Waals surface area contributed by atoms with Crippen molar-refractivity contribution in [2.24, 2.45) is 17.7 Å². The van der Waals surface area contributed by atoms with Gasteiger partial charge in [-0.1, -0.05) is 25.8 Å². The molecule has 2 rings (SSSR count). The molecular formula is C17H28N2O2. The van der Waals surface area contributed by atoms with Crippen molar-refractivity contribution in [3.05, 3.63) is 23.8 Å². The molecule has 3 N–H and O–H groups in total. The topological polar surface area (TPSA) is 56.5 Å². The minimum Gasteiger partial charge on any atom is -0.493 e. The molecule has 1 fully saturated rings. The van der Waals surface area contributed by atoms with Crippen LogP contribution < -0.4 is 20.7 Å². The first kappa shape index (κ1) is 16.1. The molecule has 118 valence electrons. The smallest absolute Gasteiger partial charge is 0.160 e. The normalized spacial score (nSPS) is 23.6. The molecule has 1 unspecified atom stereocenters. The highest BCUT2D eigenvalue weighted by Gasteiger charge is 2.25. The van der Waals surface area contributed by atoms with Gasteiger partial charge in [0.15, 0.2) is 11.5 Å². The van der Waals surface area contributed by atoms with Gasteiger partial charge in [-0.2, -0.15) is 0 Å². The molecule has 4 nitrogen and oxygen atoms in total. The van der Waals surface area contributed by atoms with Gasteiger partial charge in [0.1, 0.15) is 0 Å². The predicted octanol–water partition coefficient (Wildman–Crippen LogP) is 2.90. The SMILES string of the molecule is COc1ccc(CC(NN)C2CCC(C)CC2)cc1OC. The lowest BCUT2D eigenvalue weighted by atomic mass is 9.78. The number of nitrogens with one attached hydrogen (secondary N) is 1. The van der Waals surface area contributed by atoms with Gasteiger partial charge in [-0.05, 0) is 48.8 Å². The maximum Gasteiger partial charge on any atom is 0.160 e. The van der Waals surface area contributed by atoms with E-state index in [0.717, 1.165) is 23.8 Å². The van der Waals surface area contributed by atoms with Gasteiger partial charge >= 0.3 is 0 Å². The van der Waals surface area contributed by atoms with E-state index in [0.29, 0.717) is 12.0 Å². The van der Waals surface area contributed by atoms with Gasteiger partial charge in [-0.15, -0.1) is 0 Å². The lowest BCUT2D eigenvalue weighted by molar-refractivity contribution is 0.229. The molecule has 0 heterocycles. The van der Waals surface area contributed by atoms with Gasteiger partial charge in [-0.25, -0.2) is 0 Å². The van der Waals surface area contributed by atoms with Crippen molar-refractivity contribution in [1.29, 1.82) is 0 Å². The van der Waals surface area contributed by atoms with Crippen LogP contribution in [0, 0.1) is 11.8 Å². The highest BCUT2D eigenvalue weighted by Crippen LogP contribution is 2.33. The number of hydrazine groups is 1. The van der Waals surface area contributed by atoms with Crippen molar-refractivity contribution in [2.45, 2.75) is 45.1 Å². The number of methoxy groups -OCH3 is 2. The molecule has 4 heteroatoms. The highest BCUT2D eigenvalue weighted by molar-refractivity contribution is 5.43. The van der Waals surface area contributed by atoms with E-state index in [2.05, 4.69) is 24.5 Å². The third kappa shape index (κ3) is 4.11. The molecule has 0 aromatic heterocycles. The fourth-order valence-corrected chi connectivity index (χ4v) is 3.31. The first-order valence-electron chi connectivity index (χ1n) is 7.85. The minimum absolute atomic E-state index is 0.329. The van der Waals surface area contributed by atoms with Crippen molar-refractivity contribution in [3.63, 3.8) is 0 Å². The maximum absolute atomic E-state index is 5.81. The van der Waals surface area contributed by atoms with Crippen LogP contribution in [0.1, 0.15) is 38.2 Å². The number of hydrogen-bond acceptors (Lipinski definition) is 4. The molecule has 1 atom stereocenters. The Hall–Kier alpha value is -1.26. The van der Waals surface area contributed by atoms with Crippen molar-refractivity contribution in [3.8, 4) is 11.5 Å². The molecule has 1 aliphatic carbocycles. The van der Waals surface area contributed by atoms with Crippen LogP contribution in [0.15, 0.2) is 18.2 Å². The van der Waals surface area contributed by atoms with Gasteiger partial charge in [0.05, 0.1) is 14.2 Å². The molecule has 0 radical (unpaired) electrons. The van der Waals surface area contributed by atoms with Crippen LogP contribution in [0.25, 0.3) is 0 Å². The average molecular weight is 292 g/mol. The van der Waals surface area contributed by atoms with Crippen LogP contribution in [0.5, 0.6) is 11.5 Å². The molecule has 1 aromatic carbocycles. The quantitative estimate of drug-likeness (QED) is 0.625. The van der Waals surface area contributed by atoms with E-state index in [1.807, 2.05) is 6.07 Å². The summed E-state index contributed by atoms with van der Waals surface area (Å²) in [5.41, 5.74) is 4.26. The van der Waals surface area contributed by atoms with Crippen molar-refractivity contribution in [2.75, 3.05) is 14.2 Å². The third-order valence-corrected chi connectivity index (χ3v) is 4.75. The van der Waals surface area contributed by atoms with Gasteiger partial charge in [0, 0.05) is 6.04 Å². The fraction of sp³-hybridized carbons (Fsp3) is 0.647. The summed E-state index contributed by atoms with van der Waals surface area (Å²) in [6.45, 7) is 2.34. The van der Waals surface area contributed by atoms with Crippen LogP contribution in [-0.2, 0) is 6.42 Å². The van der Waals surface area contributed by atoms with Crippen molar-refractivity contribution >= 4 is 0 Å². The Morgan fingerprint density at radius 2 is 1.81 bits per heavy atom. The largest absolute Gasteiger partial charge is 0.493 e. The number of benzene rings is 1. The minimum atomic E-state index is 0.329. The Morgan fingerprint density at radius 1 is 1.14 bits per heavy atom. The molecule has 1 aliphatic rings. The summed E-state index contributed by atoms with van der Waals surface area (Å²) in [5, 5.41) is 0. The lowest BCUT2D eigenvalue weighted by Crippen LogP contribution is -2.43. The molecule has 0 amide bonds. The van der Waals surface area contributed by atoms with Crippen molar-refractivity contribution < 1.29 is 9.47 Å². The number of rotatable bonds is 6. The summed E-state index contributed by atoms with van der Waals surface area (Å²) in [4.78, 5) is 0. The van der Waals surface area contributed by atoms with Gasteiger partial charge < -0.3 is 9.47 Å². The summed E-state index contributed by atoms with van der Waals surface area (Å²) < 4.78 is 10.7. The van der Waals surface area contributed by atoms with E-state index in [-0.39, 0.29) is 0 Å². The summed E-state index contributed by atoms with van der Waals surface area (Å²) in [6.07, 6.45) is 6.09.